The lowest BCUT2D eigenvalue weighted by Gasteiger charge is -2.07. The Labute approximate surface area is 174 Å². The Bertz CT molecular complexity index is 1080. The van der Waals surface area contributed by atoms with Gasteiger partial charge in [-0.25, -0.2) is 4.79 Å². The van der Waals surface area contributed by atoms with E-state index in [1.807, 2.05) is 0 Å². The van der Waals surface area contributed by atoms with Crippen molar-refractivity contribution in [2.75, 3.05) is 11.9 Å². The maximum Gasteiger partial charge on any atom is 0.374 e. The van der Waals surface area contributed by atoms with Crippen molar-refractivity contribution < 1.29 is 23.7 Å². The number of benzene rings is 2. The van der Waals surface area contributed by atoms with E-state index in [4.69, 9.17) is 32.4 Å². The van der Waals surface area contributed by atoms with Crippen LogP contribution in [0, 0.1) is 10.1 Å². The number of amides is 1. The highest BCUT2D eigenvalue weighted by molar-refractivity contribution is 6.36. The molecule has 3 rings (SSSR count). The summed E-state index contributed by atoms with van der Waals surface area (Å²) in [6.07, 6.45) is 0. The van der Waals surface area contributed by atoms with Gasteiger partial charge in [0.05, 0.1) is 15.6 Å². The van der Waals surface area contributed by atoms with E-state index in [1.54, 1.807) is 6.07 Å². The smallest absolute Gasteiger partial charge is 0.374 e. The molecular weight excluding hydrogens is 423 g/mol. The number of hydrogen-bond donors (Lipinski definition) is 1. The number of anilines is 1. The number of esters is 1. The van der Waals surface area contributed by atoms with E-state index in [0.29, 0.717) is 22.0 Å². The Morgan fingerprint density at radius 3 is 2.45 bits per heavy atom. The van der Waals surface area contributed by atoms with Gasteiger partial charge in [0.15, 0.2) is 6.61 Å². The van der Waals surface area contributed by atoms with Gasteiger partial charge in [-0.3, -0.25) is 14.9 Å². The Morgan fingerprint density at radius 2 is 1.79 bits per heavy atom. The average molecular weight is 435 g/mol. The normalized spacial score (nSPS) is 10.4. The molecule has 0 spiro atoms. The van der Waals surface area contributed by atoms with Crippen molar-refractivity contribution in [2.24, 2.45) is 0 Å². The molecule has 8 nitrogen and oxygen atoms in total. The first kappa shape index (κ1) is 20.4. The number of rotatable bonds is 6. The summed E-state index contributed by atoms with van der Waals surface area (Å²) < 4.78 is 10.3. The minimum Gasteiger partial charge on any atom is -0.450 e. The summed E-state index contributed by atoms with van der Waals surface area (Å²) in [7, 11) is 0. The van der Waals surface area contributed by atoms with E-state index >= 15 is 0 Å². The molecule has 1 aromatic heterocycles. The molecule has 3 aromatic rings. The van der Waals surface area contributed by atoms with Crippen LogP contribution in [0.3, 0.4) is 0 Å². The van der Waals surface area contributed by atoms with Gasteiger partial charge in [0.1, 0.15) is 5.76 Å². The molecule has 0 saturated carbocycles. The number of nitro benzene ring substituents is 1. The lowest BCUT2D eigenvalue weighted by molar-refractivity contribution is -0.384. The third-order valence-corrected chi connectivity index (χ3v) is 4.26. The first-order valence-electron chi connectivity index (χ1n) is 8.10. The number of nitro groups is 1. The highest BCUT2D eigenvalue weighted by atomic mass is 35.5. The first-order chi connectivity index (χ1) is 13.8. The van der Waals surface area contributed by atoms with Crippen molar-refractivity contribution in [1.29, 1.82) is 0 Å². The zero-order chi connectivity index (χ0) is 21.0. The molecule has 148 valence electrons. The summed E-state index contributed by atoms with van der Waals surface area (Å²) in [5, 5.41) is 13.9. The number of nitrogens with zero attached hydrogens (tertiary/aromatic N) is 1. The second-order valence-electron chi connectivity index (χ2n) is 5.72. The van der Waals surface area contributed by atoms with Crippen LogP contribution in [0.2, 0.25) is 10.0 Å². The van der Waals surface area contributed by atoms with Crippen molar-refractivity contribution in [3.63, 3.8) is 0 Å². The van der Waals surface area contributed by atoms with Crippen molar-refractivity contribution in [1.82, 2.24) is 0 Å². The van der Waals surface area contributed by atoms with E-state index in [1.165, 1.54) is 48.5 Å². The fraction of sp³-hybridized carbons (Fsp3) is 0.0526. The molecule has 2 aromatic carbocycles. The van der Waals surface area contributed by atoms with Gasteiger partial charge in [-0.1, -0.05) is 23.2 Å². The highest BCUT2D eigenvalue weighted by Crippen LogP contribution is 2.26. The predicted molar refractivity (Wildman–Crippen MR) is 106 cm³/mol. The second kappa shape index (κ2) is 8.76. The molecule has 0 atom stereocenters. The van der Waals surface area contributed by atoms with Crippen LogP contribution in [-0.4, -0.2) is 23.4 Å². The van der Waals surface area contributed by atoms with Crippen molar-refractivity contribution in [2.45, 2.75) is 0 Å². The maximum atomic E-state index is 12.1. The van der Waals surface area contributed by atoms with Crippen molar-refractivity contribution in [3.05, 3.63) is 80.5 Å². The maximum absolute atomic E-state index is 12.1. The molecule has 0 aliphatic heterocycles. The Kier molecular flexibility index (Phi) is 6.16. The van der Waals surface area contributed by atoms with Crippen LogP contribution in [0.5, 0.6) is 0 Å². The quantitative estimate of drug-likeness (QED) is 0.333. The van der Waals surface area contributed by atoms with Gasteiger partial charge in [0, 0.05) is 22.7 Å². The number of ether oxygens (including phenoxy) is 1. The predicted octanol–water partition coefficient (Wildman–Crippen LogP) is 4.96. The monoisotopic (exact) mass is 434 g/mol. The largest absolute Gasteiger partial charge is 0.450 e. The number of hydrogen-bond acceptors (Lipinski definition) is 6. The molecule has 1 amide bonds. The summed E-state index contributed by atoms with van der Waals surface area (Å²) in [5.41, 5.74) is 0.812. The summed E-state index contributed by atoms with van der Waals surface area (Å²) in [6.45, 7) is -0.550. The van der Waals surface area contributed by atoms with Gasteiger partial charge in [-0.05, 0) is 42.5 Å². The molecule has 0 radical (unpaired) electrons. The van der Waals surface area contributed by atoms with Crippen LogP contribution in [0.15, 0.2) is 59.0 Å². The second-order valence-corrected chi connectivity index (χ2v) is 6.56. The third-order valence-electron chi connectivity index (χ3n) is 3.71. The minimum absolute atomic E-state index is 0.0632. The van der Waals surface area contributed by atoms with Gasteiger partial charge in [-0.15, -0.1) is 0 Å². The van der Waals surface area contributed by atoms with E-state index in [9.17, 15) is 19.7 Å². The standard InChI is InChI=1S/C19H12Cl2N2O6/c20-12-3-6-15(14(21)9-12)22-18(24)10-28-19(25)17-8-7-16(29-17)11-1-4-13(5-2-11)23(26)27/h1-9H,10H2,(H,22,24). The zero-order valence-corrected chi connectivity index (χ0v) is 16.1. The zero-order valence-electron chi connectivity index (χ0n) is 14.6. The molecule has 0 aliphatic rings. The Morgan fingerprint density at radius 1 is 1.07 bits per heavy atom. The number of nitrogens with one attached hydrogen (secondary N) is 1. The van der Waals surface area contributed by atoms with Crippen LogP contribution < -0.4 is 5.32 Å². The van der Waals surface area contributed by atoms with Crippen molar-refractivity contribution in [3.8, 4) is 11.3 Å². The van der Waals surface area contributed by atoms with E-state index in [2.05, 4.69) is 5.32 Å². The van der Waals surface area contributed by atoms with E-state index < -0.39 is 23.4 Å². The van der Waals surface area contributed by atoms with Gasteiger partial charge in [-0.2, -0.15) is 0 Å². The molecule has 10 heteroatoms. The number of furan rings is 1. The lowest BCUT2D eigenvalue weighted by atomic mass is 10.1. The van der Waals surface area contributed by atoms with Crippen LogP contribution in [-0.2, 0) is 9.53 Å². The molecule has 0 bridgehead atoms. The van der Waals surface area contributed by atoms with Crippen LogP contribution in [0.25, 0.3) is 11.3 Å². The lowest BCUT2D eigenvalue weighted by Crippen LogP contribution is -2.20. The van der Waals surface area contributed by atoms with Gasteiger partial charge >= 0.3 is 5.97 Å². The van der Waals surface area contributed by atoms with Crippen LogP contribution in [0.1, 0.15) is 10.6 Å². The summed E-state index contributed by atoms with van der Waals surface area (Å²) >= 11 is 11.7. The molecule has 29 heavy (non-hydrogen) atoms. The minimum atomic E-state index is -0.837. The van der Waals surface area contributed by atoms with E-state index in [-0.39, 0.29) is 16.5 Å². The fourth-order valence-electron chi connectivity index (χ4n) is 2.33. The fourth-order valence-corrected chi connectivity index (χ4v) is 2.79. The van der Waals surface area contributed by atoms with Gasteiger partial charge in [0.2, 0.25) is 5.76 Å². The highest BCUT2D eigenvalue weighted by Gasteiger charge is 2.16. The topological polar surface area (TPSA) is 112 Å². The van der Waals surface area contributed by atoms with Gasteiger partial charge in [0.25, 0.3) is 11.6 Å². The van der Waals surface area contributed by atoms with Crippen molar-refractivity contribution >= 4 is 46.5 Å². The summed E-state index contributed by atoms with van der Waals surface area (Å²) in [4.78, 5) is 34.2. The number of halogens is 2. The number of non-ortho nitro benzene ring substituents is 1. The average Bonchev–Trinajstić information content (AvgIpc) is 3.19. The van der Waals surface area contributed by atoms with Gasteiger partial charge < -0.3 is 14.5 Å². The third kappa shape index (κ3) is 5.13. The van der Waals surface area contributed by atoms with E-state index in [0.717, 1.165) is 0 Å². The first-order valence-corrected chi connectivity index (χ1v) is 8.86. The van der Waals surface area contributed by atoms with Crippen LogP contribution >= 0.6 is 23.2 Å². The summed E-state index contributed by atoms with van der Waals surface area (Å²) in [6, 6.07) is 13.1. The Hall–Kier alpha value is -3.36. The molecule has 1 heterocycles. The molecular formula is C19H12Cl2N2O6. The number of carbonyl (C=O) groups excluding carboxylic acids is 2. The summed E-state index contributed by atoms with van der Waals surface area (Å²) in [5.74, 6) is -1.22. The van der Waals surface area contributed by atoms with Crippen LogP contribution in [0.4, 0.5) is 11.4 Å². The molecule has 1 N–H and O–H groups in total. The SMILES string of the molecule is O=C(COC(=O)c1ccc(-c2ccc([N+](=O)[O-])cc2)o1)Nc1ccc(Cl)cc1Cl. The molecule has 0 aliphatic carbocycles. The Balaban J connectivity index is 1.58. The number of carbonyl (C=O) groups is 2. The molecule has 0 unspecified atom stereocenters. The molecule has 0 fully saturated rings. The molecule has 0 saturated heterocycles.